The summed E-state index contributed by atoms with van der Waals surface area (Å²) >= 11 is 0. The van der Waals surface area contributed by atoms with Gasteiger partial charge in [-0.3, -0.25) is 4.79 Å². The number of sulfonamides is 1. The molecule has 0 unspecified atom stereocenters. The number of nitrogens with one attached hydrogen (secondary N) is 1. The highest BCUT2D eigenvalue weighted by molar-refractivity contribution is 7.89. The molecular formula is C25H28N2O3S. The molecule has 0 saturated carbocycles. The van der Waals surface area contributed by atoms with Crippen LogP contribution in [-0.2, 0) is 29.4 Å². The van der Waals surface area contributed by atoms with Gasteiger partial charge < -0.3 is 5.32 Å². The van der Waals surface area contributed by atoms with E-state index in [0.29, 0.717) is 5.56 Å². The number of hydrogen-bond acceptors (Lipinski definition) is 3. The molecule has 0 bridgehead atoms. The third-order valence-corrected chi connectivity index (χ3v) is 7.13. The van der Waals surface area contributed by atoms with Gasteiger partial charge in [-0.05, 0) is 53.8 Å². The van der Waals surface area contributed by atoms with Crippen molar-refractivity contribution in [3.05, 3.63) is 95.1 Å². The van der Waals surface area contributed by atoms with Crippen LogP contribution < -0.4 is 5.32 Å². The maximum atomic E-state index is 12.8. The Morgan fingerprint density at radius 2 is 1.42 bits per heavy atom. The van der Waals surface area contributed by atoms with Crippen LogP contribution in [0, 0.1) is 0 Å². The highest BCUT2D eigenvalue weighted by Crippen LogP contribution is 2.23. The standard InChI is InChI=1S/C25H28N2O3S/c1-4-20-10-9-11-21(5-2)24(20)26-25(28)22-16-14-19(15-17-22)18-27(3)31(29,30)23-12-7-6-8-13-23/h6-17H,4-5,18H2,1-3H3,(H,26,28). The molecule has 0 fully saturated rings. The van der Waals surface area contributed by atoms with Gasteiger partial charge in [0, 0.05) is 24.8 Å². The Kier molecular flexibility index (Phi) is 7.25. The van der Waals surface area contributed by atoms with Crippen molar-refractivity contribution in [2.45, 2.75) is 38.1 Å². The van der Waals surface area contributed by atoms with Gasteiger partial charge in [0.05, 0.1) is 4.90 Å². The molecule has 0 radical (unpaired) electrons. The lowest BCUT2D eigenvalue weighted by molar-refractivity contribution is 0.102. The zero-order valence-corrected chi connectivity index (χ0v) is 18.9. The van der Waals surface area contributed by atoms with Crippen molar-refractivity contribution < 1.29 is 13.2 Å². The average molecular weight is 437 g/mol. The third-order valence-electron chi connectivity index (χ3n) is 5.31. The highest BCUT2D eigenvalue weighted by atomic mass is 32.2. The number of aryl methyl sites for hydroxylation is 2. The van der Waals surface area contributed by atoms with Crippen molar-refractivity contribution in [1.29, 1.82) is 0 Å². The average Bonchev–Trinajstić information content (AvgIpc) is 2.80. The summed E-state index contributed by atoms with van der Waals surface area (Å²) < 4.78 is 26.7. The zero-order chi connectivity index (χ0) is 22.4. The predicted octanol–water partition coefficient (Wildman–Crippen LogP) is 4.88. The Morgan fingerprint density at radius 1 is 0.839 bits per heavy atom. The normalized spacial score (nSPS) is 11.5. The van der Waals surface area contributed by atoms with E-state index >= 15 is 0 Å². The van der Waals surface area contributed by atoms with Crippen LogP contribution in [0.4, 0.5) is 5.69 Å². The molecule has 0 spiro atoms. The molecule has 3 rings (SSSR count). The molecule has 1 N–H and O–H groups in total. The Labute approximate surface area is 184 Å². The smallest absolute Gasteiger partial charge is 0.255 e. The largest absolute Gasteiger partial charge is 0.321 e. The van der Waals surface area contributed by atoms with Gasteiger partial charge in [0.25, 0.3) is 5.91 Å². The fraction of sp³-hybridized carbons (Fsp3) is 0.240. The van der Waals surface area contributed by atoms with E-state index in [1.165, 1.54) is 4.31 Å². The molecule has 3 aromatic rings. The van der Waals surface area contributed by atoms with Crippen LogP contribution in [0.1, 0.15) is 40.9 Å². The lowest BCUT2D eigenvalue weighted by Gasteiger charge is -2.18. The molecule has 1 amide bonds. The van der Waals surface area contributed by atoms with Gasteiger partial charge in [0.2, 0.25) is 10.0 Å². The molecule has 0 aliphatic heterocycles. The molecule has 0 heterocycles. The van der Waals surface area contributed by atoms with Gasteiger partial charge in [-0.2, -0.15) is 4.31 Å². The number of benzene rings is 3. The summed E-state index contributed by atoms with van der Waals surface area (Å²) in [6.45, 7) is 4.36. The fourth-order valence-electron chi connectivity index (χ4n) is 3.46. The van der Waals surface area contributed by atoms with Gasteiger partial charge in [-0.15, -0.1) is 0 Å². The monoisotopic (exact) mass is 436 g/mol. The van der Waals surface area contributed by atoms with E-state index < -0.39 is 10.0 Å². The number of para-hydroxylation sites is 1. The van der Waals surface area contributed by atoms with Crippen molar-refractivity contribution in [1.82, 2.24) is 4.31 Å². The SMILES string of the molecule is CCc1cccc(CC)c1NC(=O)c1ccc(CN(C)S(=O)(=O)c2ccccc2)cc1. The van der Waals surface area contributed by atoms with E-state index in [9.17, 15) is 13.2 Å². The fourth-order valence-corrected chi connectivity index (χ4v) is 4.64. The second kappa shape index (κ2) is 9.90. The molecule has 6 heteroatoms. The maximum Gasteiger partial charge on any atom is 0.255 e. The van der Waals surface area contributed by atoms with Crippen LogP contribution in [0.15, 0.2) is 77.7 Å². The van der Waals surface area contributed by atoms with E-state index in [-0.39, 0.29) is 17.3 Å². The Balaban J connectivity index is 1.73. The number of amides is 1. The maximum absolute atomic E-state index is 12.8. The van der Waals surface area contributed by atoms with Crippen LogP contribution >= 0.6 is 0 Å². The summed E-state index contributed by atoms with van der Waals surface area (Å²) in [7, 11) is -2.01. The van der Waals surface area contributed by atoms with Gasteiger partial charge in [-0.1, -0.05) is 62.4 Å². The van der Waals surface area contributed by atoms with Crippen molar-refractivity contribution in [3.8, 4) is 0 Å². The summed E-state index contributed by atoms with van der Waals surface area (Å²) in [5.74, 6) is -0.174. The number of carbonyl (C=O) groups is 1. The van der Waals surface area contributed by atoms with Crippen molar-refractivity contribution in [3.63, 3.8) is 0 Å². The minimum Gasteiger partial charge on any atom is -0.321 e. The molecule has 0 aliphatic carbocycles. The van der Waals surface area contributed by atoms with Crippen LogP contribution in [0.3, 0.4) is 0 Å². The van der Waals surface area contributed by atoms with Crippen molar-refractivity contribution in [2.75, 3.05) is 12.4 Å². The zero-order valence-electron chi connectivity index (χ0n) is 18.1. The number of nitrogens with zero attached hydrogens (tertiary/aromatic N) is 1. The first-order valence-electron chi connectivity index (χ1n) is 10.4. The van der Waals surface area contributed by atoms with E-state index in [1.54, 1.807) is 61.6 Å². The molecule has 0 aliphatic rings. The van der Waals surface area contributed by atoms with Crippen LogP contribution in [-0.4, -0.2) is 25.7 Å². The van der Waals surface area contributed by atoms with Crippen LogP contribution in [0.5, 0.6) is 0 Å². The number of carbonyl (C=O) groups excluding carboxylic acids is 1. The van der Waals surface area contributed by atoms with Gasteiger partial charge in [0.1, 0.15) is 0 Å². The second-order valence-electron chi connectivity index (χ2n) is 7.38. The lowest BCUT2D eigenvalue weighted by atomic mass is 10.0. The minimum absolute atomic E-state index is 0.174. The van der Waals surface area contributed by atoms with E-state index in [4.69, 9.17) is 0 Å². The second-order valence-corrected chi connectivity index (χ2v) is 9.43. The van der Waals surface area contributed by atoms with Crippen LogP contribution in [0.25, 0.3) is 0 Å². The van der Waals surface area contributed by atoms with Crippen molar-refractivity contribution >= 4 is 21.6 Å². The highest BCUT2D eigenvalue weighted by Gasteiger charge is 2.20. The molecule has 0 aromatic heterocycles. The van der Waals surface area contributed by atoms with Crippen LogP contribution in [0.2, 0.25) is 0 Å². The molecule has 5 nitrogen and oxygen atoms in total. The lowest BCUT2D eigenvalue weighted by Crippen LogP contribution is -2.26. The quantitative estimate of drug-likeness (QED) is 0.547. The first kappa shape index (κ1) is 22.7. The Hall–Kier alpha value is -2.96. The Morgan fingerprint density at radius 3 is 1.97 bits per heavy atom. The summed E-state index contributed by atoms with van der Waals surface area (Å²) in [6, 6.07) is 21.5. The van der Waals surface area contributed by atoms with E-state index in [1.807, 2.05) is 18.2 Å². The number of hydrogen-bond donors (Lipinski definition) is 1. The topological polar surface area (TPSA) is 66.5 Å². The Bertz CT molecular complexity index is 1120. The summed E-state index contributed by atoms with van der Waals surface area (Å²) in [4.78, 5) is 13.1. The number of rotatable bonds is 8. The summed E-state index contributed by atoms with van der Waals surface area (Å²) in [6.07, 6.45) is 1.68. The van der Waals surface area contributed by atoms with Gasteiger partial charge in [0.15, 0.2) is 0 Å². The van der Waals surface area contributed by atoms with Gasteiger partial charge in [-0.25, -0.2) is 8.42 Å². The van der Waals surface area contributed by atoms with Crippen molar-refractivity contribution in [2.24, 2.45) is 0 Å². The molecule has 0 atom stereocenters. The minimum atomic E-state index is -3.57. The van der Waals surface area contributed by atoms with E-state index in [2.05, 4.69) is 19.2 Å². The first-order valence-corrected chi connectivity index (χ1v) is 11.8. The molecule has 0 saturated heterocycles. The first-order chi connectivity index (χ1) is 14.9. The molecule has 162 valence electrons. The number of anilines is 1. The summed E-state index contributed by atoms with van der Waals surface area (Å²) in [5.41, 5.74) is 4.44. The van der Waals surface area contributed by atoms with E-state index in [0.717, 1.165) is 35.2 Å². The molecule has 31 heavy (non-hydrogen) atoms. The summed E-state index contributed by atoms with van der Waals surface area (Å²) in [5, 5.41) is 3.06. The third kappa shape index (κ3) is 5.21. The molecule has 3 aromatic carbocycles. The predicted molar refractivity (Wildman–Crippen MR) is 125 cm³/mol. The molecular weight excluding hydrogens is 408 g/mol. The van der Waals surface area contributed by atoms with Gasteiger partial charge >= 0.3 is 0 Å².